The average Bonchev–Trinajstić information content (AvgIpc) is 2.57. The molecule has 1 aromatic carbocycles. The zero-order valence-corrected chi connectivity index (χ0v) is 9.14. The Labute approximate surface area is 97.6 Å². The fourth-order valence-electron chi connectivity index (χ4n) is 1.37. The SMILES string of the molecule is Cl.O=C1N[C@@H](c2cccc(Cl)c2O)CO1. The van der Waals surface area contributed by atoms with Crippen molar-refractivity contribution in [3.63, 3.8) is 0 Å². The van der Waals surface area contributed by atoms with Crippen LogP contribution in [0.2, 0.25) is 5.02 Å². The molecule has 1 atom stereocenters. The average molecular weight is 250 g/mol. The number of halogens is 2. The number of hydrogen-bond donors (Lipinski definition) is 2. The van der Waals surface area contributed by atoms with Crippen molar-refractivity contribution in [2.24, 2.45) is 0 Å². The number of ether oxygens (including phenoxy) is 1. The van der Waals surface area contributed by atoms with Gasteiger partial charge in [-0.15, -0.1) is 12.4 Å². The second-order valence-corrected chi connectivity index (χ2v) is 3.38. The number of alkyl carbamates (subject to hydrolysis) is 1. The smallest absolute Gasteiger partial charge is 0.407 e. The van der Waals surface area contributed by atoms with Crippen molar-refractivity contribution < 1.29 is 14.6 Å². The monoisotopic (exact) mass is 249 g/mol. The maximum atomic E-state index is 10.8. The highest BCUT2D eigenvalue weighted by molar-refractivity contribution is 6.32. The van der Waals surface area contributed by atoms with Crippen LogP contribution in [0.3, 0.4) is 0 Å². The number of phenolic OH excluding ortho intramolecular Hbond substituents is 1. The van der Waals surface area contributed by atoms with Gasteiger partial charge >= 0.3 is 6.09 Å². The van der Waals surface area contributed by atoms with Gasteiger partial charge in [-0.3, -0.25) is 0 Å². The number of amides is 1. The number of cyclic esters (lactones) is 1. The molecule has 0 saturated carbocycles. The Kier molecular flexibility index (Phi) is 3.66. The van der Waals surface area contributed by atoms with Crippen LogP contribution in [0.15, 0.2) is 18.2 Å². The number of phenols is 1. The lowest BCUT2D eigenvalue weighted by molar-refractivity contribution is 0.177. The maximum absolute atomic E-state index is 10.8. The fraction of sp³-hybridized carbons (Fsp3) is 0.222. The van der Waals surface area contributed by atoms with Gasteiger partial charge in [0.15, 0.2) is 0 Å². The molecule has 4 nitrogen and oxygen atoms in total. The van der Waals surface area contributed by atoms with Crippen LogP contribution in [0.1, 0.15) is 11.6 Å². The minimum atomic E-state index is -0.477. The van der Waals surface area contributed by atoms with Gasteiger partial charge < -0.3 is 15.2 Å². The number of hydrogen-bond acceptors (Lipinski definition) is 3. The molecule has 15 heavy (non-hydrogen) atoms. The summed E-state index contributed by atoms with van der Waals surface area (Å²) in [6, 6.07) is 4.67. The van der Waals surface area contributed by atoms with Crippen molar-refractivity contribution in [1.29, 1.82) is 0 Å². The molecule has 1 heterocycles. The minimum absolute atomic E-state index is 0. The molecule has 0 spiro atoms. The summed E-state index contributed by atoms with van der Waals surface area (Å²) < 4.78 is 4.71. The Morgan fingerprint density at radius 3 is 2.87 bits per heavy atom. The topological polar surface area (TPSA) is 58.6 Å². The lowest BCUT2D eigenvalue weighted by Gasteiger charge is -2.10. The Morgan fingerprint density at radius 2 is 2.27 bits per heavy atom. The molecule has 0 unspecified atom stereocenters. The normalized spacial score (nSPS) is 19.0. The van der Waals surface area contributed by atoms with Crippen molar-refractivity contribution >= 4 is 30.1 Å². The van der Waals surface area contributed by atoms with E-state index in [1.807, 2.05) is 0 Å². The van der Waals surface area contributed by atoms with E-state index in [1.165, 1.54) is 0 Å². The minimum Gasteiger partial charge on any atom is -0.506 e. The van der Waals surface area contributed by atoms with Crippen molar-refractivity contribution in [3.8, 4) is 5.75 Å². The predicted octanol–water partition coefficient (Wildman–Crippen LogP) is 2.25. The fourth-order valence-corrected chi connectivity index (χ4v) is 1.55. The molecule has 1 aliphatic rings. The summed E-state index contributed by atoms with van der Waals surface area (Å²) in [6.45, 7) is 0.215. The first kappa shape index (κ1) is 11.9. The van der Waals surface area contributed by atoms with E-state index in [9.17, 15) is 9.90 Å². The molecule has 2 N–H and O–H groups in total. The molecule has 1 fully saturated rings. The van der Waals surface area contributed by atoms with Gasteiger partial charge in [-0.25, -0.2) is 4.79 Å². The number of para-hydroxylation sites is 1. The third kappa shape index (κ3) is 2.27. The third-order valence-electron chi connectivity index (χ3n) is 2.07. The van der Waals surface area contributed by atoms with Gasteiger partial charge in [0.05, 0.1) is 11.1 Å². The highest BCUT2D eigenvalue weighted by Crippen LogP contribution is 2.32. The van der Waals surface area contributed by atoms with Crippen LogP contribution in [-0.4, -0.2) is 17.8 Å². The van der Waals surface area contributed by atoms with E-state index in [4.69, 9.17) is 16.3 Å². The molecule has 0 aliphatic carbocycles. The van der Waals surface area contributed by atoms with Crippen LogP contribution < -0.4 is 5.32 Å². The van der Waals surface area contributed by atoms with Gasteiger partial charge in [-0.2, -0.15) is 0 Å². The number of aromatic hydroxyl groups is 1. The van der Waals surface area contributed by atoms with Gasteiger partial charge in [0.2, 0.25) is 0 Å². The van der Waals surface area contributed by atoms with Gasteiger partial charge in [0.1, 0.15) is 12.4 Å². The molecule has 6 heteroatoms. The van der Waals surface area contributed by atoms with Crippen molar-refractivity contribution in [2.75, 3.05) is 6.61 Å². The highest BCUT2D eigenvalue weighted by Gasteiger charge is 2.26. The molecule has 1 aliphatic heterocycles. The molecular weight excluding hydrogens is 241 g/mol. The third-order valence-corrected chi connectivity index (χ3v) is 2.37. The van der Waals surface area contributed by atoms with Crippen LogP contribution in [0.5, 0.6) is 5.75 Å². The molecule has 1 saturated heterocycles. The van der Waals surface area contributed by atoms with Crippen LogP contribution in [0, 0.1) is 0 Å². The number of benzene rings is 1. The van der Waals surface area contributed by atoms with Gasteiger partial charge in [-0.1, -0.05) is 23.7 Å². The lowest BCUT2D eigenvalue weighted by atomic mass is 10.1. The number of nitrogens with one attached hydrogen (secondary N) is 1. The molecule has 2 rings (SSSR count). The van der Waals surface area contributed by atoms with Gasteiger partial charge in [0.25, 0.3) is 0 Å². The Morgan fingerprint density at radius 1 is 1.53 bits per heavy atom. The second-order valence-electron chi connectivity index (χ2n) is 2.97. The van der Waals surface area contributed by atoms with E-state index in [0.717, 1.165) is 0 Å². The zero-order valence-electron chi connectivity index (χ0n) is 7.57. The van der Waals surface area contributed by atoms with Crippen LogP contribution in [-0.2, 0) is 4.74 Å². The molecular formula is C9H9Cl2NO3. The largest absolute Gasteiger partial charge is 0.506 e. The second kappa shape index (κ2) is 4.59. The number of rotatable bonds is 1. The summed E-state index contributed by atoms with van der Waals surface area (Å²) in [5.41, 5.74) is 0.573. The molecule has 0 radical (unpaired) electrons. The van der Waals surface area contributed by atoms with E-state index < -0.39 is 6.09 Å². The Hall–Kier alpha value is -1.13. The van der Waals surface area contributed by atoms with Crippen molar-refractivity contribution in [1.82, 2.24) is 5.32 Å². The van der Waals surface area contributed by atoms with Crippen molar-refractivity contribution in [3.05, 3.63) is 28.8 Å². The Bertz CT molecular complexity index is 384. The summed E-state index contributed by atoms with van der Waals surface area (Å²) in [6.07, 6.45) is -0.477. The summed E-state index contributed by atoms with van der Waals surface area (Å²) >= 11 is 5.73. The first-order valence-electron chi connectivity index (χ1n) is 4.09. The van der Waals surface area contributed by atoms with Gasteiger partial charge in [0, 0.05) is 5.56 Å². The maximum Gasteiger partial charge on any atom is 0.407 e. The first-order valence-corrected chi connectivity index (χ1v) is 4.47. The number of carbonyl (C=O) groups excluding carboxylic acids is 1. The number of carbonyl (C=O) groups is 1. The van der Waals surface area contributed by atoms with Crippen LogP contribution in [0.25, 0.3) is 0 Å². The molecule has 1 aromatic rings. The predicted molar refractivity (Wildman–Crippen MR) is 57.6 cm³/mol. The van der Waals surface area contributed by atoms with Gasteiger partial charge in [-0.05, 0) is 6.07 Å². The zero-order chi connectivity index (χ0) is 10.1. The first-order chi connectivity index (χ1) is 6.68. The summed E-state index contributed by atoms with van der Waals surface area (Å²) in [5.74, 6) is -0.00929. The molecule has 82 valence electrons. The summed E-state index contributed by atoms with van der Waals surface area (Å²) in [7, 11) is 0. The standard InChI is InChI=1S/C9H8ClNO3.ClH/c10-6-3-1-2-5(8(6)12)7-4-14-9(13)11-7;/h1-3,7,12H,4H2,(H,11,13);1H/t7-;/m1./s1. The van der Waals surface area contributed by atoms with E-state index >= 15 is 0 Å². The molecule has 0 bridgehead atoms. The molecule has 0 aromatic heterocycles. The highest BCUT2D eigenvalue weighted by atomic mass is 35.5. The quantitative estimate of drug-likeness (QED) is 0.803. The van der Waals surface area contributed by atoms with E-state index in [-0.39, 0.29) is 35.8 Å². The summed E-state index contributed by atoms with van der Waals surface area (Å²) in [4.78, 5) is 10.8. The lowest BCUT2D eigenvalue weighted by Crippen LogP contribution is -2.18. The molecule has 1 amide bonds. The van der Waals surface area contributed by atoms with E-state index in [1.54, 1.807) is 18.2 Å². The van der Waals surface area contributed by atoms with Crippen LogP contribution >= 0.6 is 24.0 Å². The van der Waals surface area contributed by atoms with Crippen LogP contribution in [0.4, 0.5) is 4.79 Å². The Balaban J connectivity index is 0.00000112. The summed E-state index contributed by atoms with van der Waals surface area (Å²) in [5, 5.41) is 12.4. The van der Waals surface area contributed by atoms with E-state index in [0.29, 0.717) is 5.56 Å². The van der Waals surface area contributed by atoms with E-state index in [2.05, 4.69) is 5.32 Å². The van der Waals surface area contributed by atoms with Crippen molar-refractivity contribution in [2.45, 2.75) is 6.04 Å².